The summed E-state index contributed by atoms with van der Waals surface area (Å²) >= 11 is 0. The molecule has 0 bridgehead atoms. The van der Waals surface area contributed by atoms with Gasteiger partial charge < -0.3 is 5.11 Å². The highest BCUT2D eigenvalue weighted by Gasteiger charge is 2.16. The lowest BCUT2D eigenvalue weighted by Crippen LogP contribution is -2.04. The Labute approximate surface area is 176 Å². The Bertz CT molecular complexity index is 1200. The van der Waals surface area contributed by atoms with Crippen LogP contribution in [0.15, 0.2) is 55.1 Å². The van der Waals surface area contributed by atoms with Gasteiger partial charge in [0, 0.05) is 29.8 Å². The van der Waals surface area contributed by atoms with Crippen LogP contribution in [-0.4, -0.2) is 30.8 Å². The summed E-state index contributed by atoms with van der Waals surface area (Å²) in [6.45, 7) is 7.98. The highest BCUT2D eigenvalue weighted by Crippen LogP contribution is 2.31. The van der Waals surface area contributed by atoms with E-state index in [1.807, 2.05) is 77.5 Å². The van der Waals surface area contributed by atoms with Gasteiger partial charge in [0.15, 0.2) is 0 Å². The molecule has 4 rings (SSSR count). The van der Waals surface area contributed by atoms with Crippen LogP contribution in [0.5, 0.6) is 0 Å². The van der Waals surface area contributed by atoms with E-state index in [4.69, 9.17) is 0 Å². The third-order valence-corrected chi connectivity index (χ3v) is 4.85. The Hall–Kier alpha value is -3.54. The first kappa shape index (κ1) is 21.2. The summed E-state index contributed by atoms with van der Waals surface area (Å²) in [6.07, 6.45) is 5.33. The van der Waals surface area contributed by atoms with E-state index in [1.165, 1.54) is 0 Å². The molecule has 2 heterocycles. The minimum Gasteiger partial charge on any atom is -0.478 e. The van der Waals surface area contributed by atoms with Gasteiger partial charge in [0.1, 0.15) is 6.33 Å². The van der Waals surface area contributed by atoms with Crippen molar-refractivity contribution in [2.45, 2.75) is 33.6 Å². The third kappa shape index (κ3) is 4.08. The van der Waals surface area contributed by atoms with Crippen LogP contribution >= 0.6 is 0 Å². The Kier molecular flexibility index (Phi) is 6.26. The number of carboxylic acids is 1. The molecule has 30 heavy (non-hydrogen) atoms. The molecule has 0 aliphatic heterocycles. The number of carboxylic acid groups (broad SMARTS) is 1. The molecule has 6 heteroatoms. The van der Waals surface area contributed by atoms with Crippen molar-refractivity contribution < 1.29 is 9.90 Å². The molecule has 0 spiro atoms. The van der Waals surface area contributed by atoms with Crippen LogP contribution in [0.25, 0.3) is 33.3 Å². The number of aryl methyl sites for hydroxylation is 1. The molecule has 0 amide bonds. The predicted molar refractivity (Wildman–Crippen MR) is 120 cm³/mol. The standard InChI is InChI=1S/C22H20N4O2.C2H6/c1-13(2)19-8-15(5-6-17(19)22(27)28)21-18-7-4-14(9-20(18)23-12-24-21)16-10-25-26(3)11-16;1-2/h4-13H,1-3H3,(H,27,28);1-2H3. The van der Waals surface area contributed by atoms with Crippen LogP contribution in [0.4, 0.5) is 0 Å². The molecular weight excluding hydrogens is 376 g/mol. The van der Waals surface area contributed by atoms with E-state index in [9.17, 15) is 9.90 Å². The van der Waals surface area contributed by atoms with Gasteiger partial charge in [0.25, 0.3) is 0 Å². The van der Waals surface area contributed by atoms with Crippen molar-refractivity contribution in [3.63, 3.8) is 0 Å². The molecule has 4 aromatic rings. The molecule has 0 aliphatic rings. The molecule has 2 aromatic carbocycles. The number of hydrogen-bond donors (Lipinski definition) is 1. The van der Waals surface area contributed by atoms with Gasteiger partial charge in [-0.1, -0.05) is 39.8 Å². The van der Waals surface area contributed by atoms with E-state index in [0.717, 1.165) is 38.9 Å². The van der Waals surface area contributed by atoms with E-state index in [2.05, 4.69) is 15.1 Å². The van der Waals surface area contributed by atoms with Gasteiger partial charge in [0.05, 0.1) is 23.0 Å². The van der Waals surface area contributed by atoms with Crippen molar-refractivity contribution in [2.24, 2.45) is 7.05 Å². The molecule has 2 aromatic heterocycles. The van der Waals surface area contributed by atoms with Crippen molar-refractivity contribution in [3.05, 3.63) is 66.2 Å². The quantitative estimate of drug-likeness (QED) is 0.484. The third-order valence-electron chi connectivity index (χ3n) is 4.85. The van der Waals surface area contributed by atoms with Crippen LogP contribution < -0.4 is 0 Å². The average molecular weight is 402 g/mol. The highest BCUT2D eigenvalue weighted by molar-refractivity contribution is 5.96. The van der Waals surface area contributed by atoms with Crippen molar-refractivity contribution in [3.8, 4) is 22.4 Å². The first-order valence-corrected chi connectivity index (χ1v) is 10.1. The number of aromatic nitrogens is 4. The molecule has 0 aliphatic carbocycles. The van der Waals surface area contributed by atoms with Crippen molar-refractivity contribution in [2.75, 3.05) is 0 Å². The van der Waals surface area contributed by atoms with Crippen LogP contribution in [0.1, 0.15) is 49.5 Å². The normalized spacial score (nSPS) is 10.7. The summed E-state index contributed by atoms with van der Waals surface area (Å²) in [4.78, 5) is 20.4. The molecule has 0 saturated carbocycles. The Morgan fingerprint density at radius 2 is 1.73 bits per heavy atom. The van der Waals surface area contributed by atoms with Crippen molar-refractivity contribution in [1.29, 1.82) is 0 Å². The van der Waals surface area contributed by atoms with Crippen LogP contribution in [0, 0.1) is 0 Å². The summed E-state index contributed by atoms with van der Waals surface area (Å²) in [5.74, 6) is -0.819. The maximum Gasteiger partial charge on any atom is 0.335 e. The van der Waals surface area contributed by atoms with E-state index < -0.39 is 5.97 Å². The number of hydrogen-bond acceptors (Lipinski definition) is 4. The fraction of sp³-hybridized carbons (Fsp3) is 0.250. The fourth-order valence-corrected chi connectivity index (χ4v) is 3.42. The second kappa shape index (κ2) is 8.86. The molecular formula is C24H26N4O2. The van der Waals surface area contributed by atoms with Gasteiger partial charge in [-0.2, -0.15) is 5.10 Å². The van der Waals surface area contributed by atoms with Gasteiger partial charge in [-0.3, -0.25) is 4.68 Å². The Morgan fingerprint density at radius 3 is 2.37 bits per heavy atom. The van der Waals surface area contributed by atoms with E-state index in [0.29, 0.717) is 5.56 Å². The molecule has 0 radical (unpaired) electrons. The van der Waals surface area contributed by atoms with Gasteiger partial charge in [-0.05, 0) is 41.3 Å². The van der Waals surface area contributed by atoms with Crippen molar-refractivity contribution in [1.82, 2.24) is 19.7 Å². The molecule has 6 nitrogen and oxygen atoms in total. The molecule has 0 atom stereocenters. The summed E-state index contributed by atoms with van der Waals surface area (Å²) < 4.78 is 1.77. The topological polar surface area (TPSA) is 80.9 Å². The first-order chi connectivity index (χ1) is 14.4. The SMILES string of the molecule is CC.CC(C)c1cc(-c2ncnc3cc(-c4cnn(C)c4)ccc23)ccc1C(=O)O. The summed E-state index contributed by atoms with van der Waals surface area (Å²) in [5, 5.41) is 14.6. The van der Waals surface area contributed by atoms with Gasteiger partial charge in [-0.15, -0.1) is 0 Å². The van der Waals surface area contributed by atoms with Crippen LogP contribution in [0.2, 0.25) is 0 Å². The number of benzene rings is 2. The molecule has 154 valence electrons. The zero-order valence-corrected chi connectivity index (χ0v) is 17.9. The van der Waals surface area contributed by atoms with Crippen LogP contribution in [0.3, 0.4) is 0 Å². The van der Waals surface area contributed by atoms with Gasteiger partial charge in [0.2, 0.25) is 0 Å². The van der Waals surface area contributed by atoms with Crippen molar-refractivity contribution >= 4 is 16.9 Å². The highest BCUT2D eigenvalue weighted by atomic mass is 16.4. The number of nitrogens with zero attached hydrogens (tertiary/aromatic N) is 4. The maximum atomic E-state index is 11.5. The Balaban J connectivity index is 0.00000124. The van der Waals surface area contributed by atoms with Crippen LogP contribution in [-0.2, 0) is 7.05 Å². The Morgan fingerprint density at radius 1 is 1.00 bits per heavy atom. The van der Waals surface area contributed by atoms with Gasteiger partial charge >= 0.3 is 5.97 Å². The average Bonchev–Trinajstić information content (AvgIpc) is 3.20. The van der Waals surface area contributed by atoms with Gasteiger partial charge in [-0.25, -0.2) is 14.8 Å². The monoisotopic (exact) mass is 402 g/mol. The van der Waals surface area contributed by atoms with E-state index in [1.54, 1.807) is 17.1 Å². The summed E-state index contributed by atoms with van der Waals surface area (Å²) in [7, 11) is 1.89. The van der Waals surface area contributed by atoms with E-state index in [-0.39, 0.29) is 5.92 Å². The molecule has 1 N–H and O–H groups in total. The first-order valence-electron chi connectivity index (χ1n) is 10.1. The molecule has 0 saturated heterocycles. The second-order valence-electron chi connectivity index (χ2n) is 7.12. The number of carbonyl (C=O) groups is 1. The van der Waals surface area contributed by atoms with E-state index >= 15 is 0 Å². The summed E-state index contributed by atoms with van der Waals surface area (Å²) in [6, 6.07) is 11.4. The maximum absolute atomic E-state index is 11.5. The zero-order chi connectivity index (χ0) is 21.8. The number of fused-ring (bicyclic) bond motifs is 1. The lowest BCUT2D eigenvalue weighted by Gasteiger charge is -2.13. The fourth-order valence-electron chi connectivity index (χ4n) is 3.42. The minimum absolute atomic E-state index is 0.0938. The molecule has 0 unspecified atom stereocenters. The smallest absolute Gasteiger partial charge is 0.335 e. The minimum atomic E-state index is -0.913. The zero-order valence-electron chi connectivity index (χ0n) is 17.9. The largest absolute Gasteiger partial charge is 0.478 e. The number of aromatic carboxylic acids is 1. The lowest BCUT2D eigenvalue weighted by molar-refractivity contribution is 0.0695. The predicted octanol–water partition coefficient (Wildman–Crippen LogP) is 5.55. The molecule has 0 fully saturated rings. The number of rotatable bonds is 4. The summed E-state index contributed by atoms with van der Waals surface area (Å²) in [5.41, 5.74) is 5.70. The lowest BCUT2D eigenvalue weighted by atomic mass is 9.93. The second-order valence-corrected chi connectivity index (χ2v) is 7.12.